The first-order chi connectivity index (χ1) is 6.72. The van der Waals surface area contributed by atoms with Gasteiger partial charge in [0.2, 0.25) is 0 Å². The first kappa shape index (κ1) is 9.21. The zero-order chi connectivity index (χ0) is 10.1. The lowest BCUT2D eigenvalue weighted by atomic mass is 10.1. The van der Waals surface area contributed by atoms with Crippen molar-refractivity contribution in [3.05, 3.63) is 30.0 Å². The van der Waals surface area contributed by atoms with Crippen LogP contribution in [0.3, 0.4) is 0 Å². The summed E-state index contributed by atoms with van der Waals surface area (Å²) < 4.78 is 1.86. The molecule has 0 aliphatic rings. The minimum absolute atomic E-state index is 0.341. The molecule has 0 fully saturated rings. The van der Waals surface area contributed by atoms with E-state index in [9.17, 15) is 0 Å². The van der Waals surface area contributed by atoms with Gasteiger partial charge < -0.3 is 5.32 Å². The topological polar surface area (TPSA) is 29.9 Å². The number of nitrogens with zero attached hydrogens (tertiary/aromatic N) is 2. The van der Waals surface area contributed by atoms with Gasteiger partial charge in [0.1, 0.15) is 0 Å². The largest absolute Gasteiger partial charge is 0.313 e. The van der Waals surface area contributed by atoms with Gasteiger partial charge >= 0.3 is 0 Å². The molecule has 0 amide bonds. The number of nitrogens with one attached hydrogen (secondary N) is 1. The van der Waals surface area contributed by atoms with E-state index in [-0.39, 0.29) is 0 Å². The molecule has 0 bridgehead atoms. The molecule has 1 heterocycles. The Bertz CT molecular complexity index is 445. The van der Waals surface area contributed by atoms with Gasteiger partial charge in [0.25, 0.3) is 0 Å². The Kier molecular flexibility index (Phi) is 2.25. The zero-order valence-corrected chi connectivity index (χ0v) is 8.78. The number of hydrogen-bond donors (Lipinski definition) is 1. The molecular formula is C11H15N3. The van der Waals surface area contributed by atoms with Crippen LogP contribution in [0.25, 0.3) is 10.9 Å². The fourth-order valence-electron chi connectivity index (χ4n) is 1.69. The van der Waals surface area contributed by atoms with Crippen molar-refractivity contribution in [3.8, 4) is 0 Å². The molecule has 74 valence electrons. The van der Waals surface area contributed by atoms with Crippen LogP contribution < -0.4 is 5.32 Å². The van der Waals surface area contributed by atoms with Gasteiger partial charge in [-0.05, 0) is 19.5 Å². The number of benzene rings is 1. The van der Waals surface area contributed by atoms with E-state index in [1.54, 1.807) is 0 Å². The fraction of sp³-hybridized carbons (Fsp3) is 0.364. The van der Waals surface area contributed by atoms with Crippen molar-refractivity contribution in [1.82, 2.24) is 15.1 Å². The predicted molar refractivity (Wildman–Crippen MR) is 58.2 cm³/mol. The second-order valence-corrected chi connectivity index (χ2v) is 3.60. The third-order valence-electron chi connectivity index (χ3n) is 2.58. The minimum atomic E-state index is 0.341. The second kappa shape index (κ2) is 3.42. The molecule has 1 N–H and O–H groups in total. The summed E-state index contributed by atoms with van der Waals surface area (Å²) in [6.07, 6.45) is 2.04. The molecule has 0 saturated carbocycles. The Labute approximate surface area is 83.7 Å². The molecule has 3 heteroatoms. The van der Waals surface area contributed by atoms with Gasteiger partial charge in [-0.2, -0.15) is 5.10 Å². The predicted octanol–water partition coefficient (Wildman–Crippen LogP) is 1.85. The number of aryl methyl sites for hydroxylation is 1. The van der Waals surface area contributed by atoms with Crippen LogP contribution >= 0.6 is 0 Å². The first-order valence-electron chi connectivity index (χ1n) is 4.82. The monoisotopic (exact) mass is 189 g/mol. The van der Waals surface area contributed by atoms with Crippen LogP contribution in [-0.4, -0.2) is 16.8 Å². The molecule has 2 rings (SSSR count). The van der Waals surface area contributed by atoms with Gasteiger partial charge in [0.15, 0.2) is 0 Å². The van der Waals surface area contributed by atoms with Gasteiger partial charge in [-0.1, -0.05) is 18.2 Å². The van der Waals surface area contributed by atoms with Crippen LogP contribution in [0, 0.1) is 0 Å². The first-order valence-corrected chi connectivity index (χ1v) is 4.82. The molecule has 2 aromatic rings. The minimum Gasteiger partial charge on any atom is -0.313 e. The average Bonchev–Trinajstić information content (AvgIpc) is 2.56. The van der Waals surface area contributed by atoms with Crippen LogP contribution in [0.2, 0.25) is 0 Å². The second-order valence-electron chi connectivity index (χ2n) is 3.60. The smallest absolute Gasteiger partial charge is 0.0970 e. The van der Waals surface area contributed by atoms with Crippen LogP contribution in [0.15, 0.2) is 24.4 Å². The SMILES string of the molecule is CNC(C)c1cccc2cn(C)nc12. The maximum absolute atomic E-state index is 4.46. The highest BCUT2D eigenvalue weighted by Crippen LogP contribution is 2.21. The lowest BCUT2D eigenvalue weighted by Crippen LogP contribution is -2.12. The van der Waals surface area contributed by atoms with Crippen LogP contribution in [0.5, 0.6) is 0 Å². The number of rotatable bonds is 2. The number of aromatic nitrogens is 2. The Morgan fingerprint density at radius 3 is 2.93 bits per heavy atom. The molecule has 0 aliphatic heterocycles. The maximum atomic E-state index is 4.46. The summed E-state index contributed by atoms with van der Waals surface area (Å²) in [4.78, 5) is 0. The lowest BCUT2D eigenvalue weighted by molar-refractivity contribution is 0.654. The van der Waals surface area contributed by atoms with E-state index in [0.717, 1.165) is 5.52 Å². The summed E-state index contributed by atoms with van der Waals surface area (Å²) >= 11 is 0. The highest BCUT2D eigenvalue weighted by Gasteiger charge is 2.09. The standard InChI is InChI=1S/C11H15N3/c1-8(12-2)10-6-4-5-9-7-14(3)13-11(9)10/h4-8,12H,1-3H3. The molecule has 3 nitrogen and oxygen atoms in total. The van der Waals surface area contributed by atoms with Crippen LogP contribution in [0.1, 0.15) is 18.5 Å². The van der Waals surface area contributed by atoms with Crippen molar-refractivity contribution < 1.29 is 0 Å². The molecule has 1 unspecified atom stereocenters. The van der Waals surface area contributed by atoms with Crippen LogP contribution in [0.4, 0.5) is 0 Å². The molecular weight excluding hydrogens is 174 g/mol. The lowest BCUT2D eigenvalue weighted by Gasteiger charge is -2.10. The molecule has 0 spiro atoms. The third kappa shape index (κ3) is 1.40. The molecule has 14 heavy (non-hydrogen) atoms. The summed E-state index contributed by atoms with van der Waals surface area (Å²) in [7, 11) is 3.92. The van der Waals surface area contributed by atoms with Gasteiger partial charge in [-0.15, -0.1) is 0 Å². The van der Waals surface area contributed by atoms with E-state index >= 15 is 0 Å². The van der Waals surface area contributed by atoms with Crippen molar-refractivity contribution in [3.63, 3.8) is 0 Å². The number of hydrogen-bond acceptors (Lipinski definition) is 2. The van der Waals surface area contributed by atoms with E-state index in [0.29, 0.717) is 6.04 Å². The van der Waals surface area contributed by atoms with E-state index in [1.807, 2.05) is 25.0 Å². The van der Waals surface area contributed by atoms with Crippen molar-refractivity contribution in [2.45, 2.75) is 13.0 Å². The maximum Gasteiger partial charge on any atom is 0.0970 e. The fourth-order valence-corrected chi connectivity index (χ4v) is 1.69. The average molecular weight is 189 g/mol. The van der Waals surface area contributed by atoms with Gasteiger partial charge in [0.05, 0.1) is 5.52 Å². The van der Waals surface area contributed by atoms with Gasteiger partial charge in [-0.3, -0.25) is 4.68 Å². The quantitative estimate of drug-likeness (QED) is 0.781. The molecule has 0 aliphatic carbocycles. The number of fused-ring (bicyclic) bond motifs is 1. The summed E-state index contributed by atoms with van der Waals surface area (Å²) in [6.45, 7) is 2.14. The van der Waals surface area contributed by atoms with Crippen LogP contribution in [-0.2, 0) is 7.05 Å². The highest BCUT2D eigenvalue weighted by atomic mass is 15.2. The third-order valence-corrected chi connectivity index (χ3v) is 2.58. The molecule has 1 aromatic heterocycles. The van der Waals surface area contributed by atoms with E-state index in [2.05, 4.69) is 35.5 Å². The molecule has 0 saturated heterocycles. The Morgan fingerprint density at radius 1 is 1.43 bits per heavy atom. The molecule has 1 atom stereocenters. The van der Waals surface area contributed by atoms with E-state index < -0.39 is 0 Å². The van der Waals surface area contributed by atoms with Crippen molar-refractivity contribution in [2.24, 2.45) is 7.05 Å². The van der Waals surface area contributed by atoms with Crippen molar-refractivity contribution >= 4 is 10.9 Å². The van der Waals surface area contributed by atoms with E-state index in [4.69, 9.17) is 0 Å². The zero-order valence-electron chi connectivity index (χ0n) is 8.78. The van der Waals surface area contributed by atoms with Gasteiger partial charge in [-0.25, -0.2) is 0 Å². The van der Waals surface area contributed by atoms with E-state index in [1.165, 1.54) is 10.9 Å². The van der Waals surface area contributed by atoms with Crippen molar-refractivity contribution in [1.29, 1.82) is 0 Å². The molecule has 1 aromatic carbocycles. The highest BCUT2D eigenvalue weighted by molar-refractivity contribution is 5.81. The summed E-state index contributed by atoms with van der Waals surface area (Å²) in [5.74, 6) is 0. The van der Waals surface area contributed by atoms with Gasteiger partial charge in [0, 0.05) is 24.7 Å². The Balaban J connectivity index is 2.64. The van der Waals surface area contributed by atoms with Crippen molar-refractivity contribution in [2.75, 3.05) is 7.05 Å². The summed E-state index contributed by atoms with van der Waals surface area (Å²) in [6, 6.07) is 6.63. The summed E-state index contributed by atoms with van der Waals surface area (Å²) in [5, 5.41) is 8.89. The Hall–Kier alpha value is -1.35. The Morgan fingerprint density at radius 2 is 2.21 bits per heavy atom. The summed E-state index contributed by atoms with van der Waals surface area (Å²) in [5.41, 5.74) is 2.35. The normalized spacial score (nSPS) is 13.4. The molecule has 0 radical (unpaired) electrons.